The van der Waals surface area contributed by atoms with Crippen LogP contribution in [0.15, 0.2) is 53.5 Å². The van der Waals surface area contributed by atoms with E-state index >= 15 is 0 Å². The second kappa shape index (κ2) is 6.91. The van der Waals surface area contributed by atoms with Gasteiger partial charge >= 0.3 is 0 Å². The quantitative estimate of drug-likeness (QED) is 0.471. The first-order valence-electron chi connectivity index (χ1n) is 9.28. The van der Waals surface area contributed by atoms with Gasteiger partial charge in [-0.1, -0.05) is 24.3 Å². The van der Waals surface area contributed by atoms with Crippen LogP contribution in [-0.4, -0.2) is 20.0 Å². The number of thiophene rings is 1. The molecule has 0 unspecified atom stereocenters. The van der Waals surface area contributed by atoms with Crippen molar-refractivity contribution in [2.24, 2.45) is 12.8 Å². The Bertz CT molecular complexity index is 1540. The Morgan fingerprint density at radius 2 is 2.03 bits per heavy atom. The van der Waals surface area contributed by atoms with E-state index in [9.17, 15) is 10.1 Å². The van der Waals surface area contributed by atoms with Crippen LogP contribution in [0, 0.1) is 11.3 Å². The Hall–Kier alpha value is -3.80. The molecule has 0 aliphatic carbocycles. The van der Waals surface area contributed by atoms with Gasteiger partial charge in [0.15, 0.2) is 0 Å². The summed E-state index contributed by atoms with van der Waals surface area (Å²) in [6.45, 7) is 0.213. The summed E-state index contributed by atoms with van der Waals surface area (Å²) in [5.74, 6) is 0. The third kappa shape index (κ3) is 2.64. The molecule has 0 radical (unpaired) electrons. The number of aryl methyl sites for hydroxylation is 1. The standard InChI is InChI=1S/C22H16N6OS/c1-28-21(20-14-4-2-3-5-18(14)30-19(20)10-24)16(11-25-28)12-6-7-13-15(8-12)17(9-23)26-27-22(13)29/h2-8,11H,9,23H2,1H3,(H,27,29). The molecule has 30 heavy (non-hydrogen) atoms. The van der Waals surface area contributed by atoms with Gasteiger partial charge in [0.2, 0.25) is 0 Å². The molecule has 5 aromatic rings. The van der Waals surface area contributed by atoms with Gasteiger partial charge in [0.25, 0.3) is 5.56 Å². The van der Waals surface area contributed by atoms with E-state index in [1.54, 1.807) is 16.9 Å². The summed E-state index contributed by atoms with van der Waals surface area (Å²) in [7, 11) is 1.87. The minimum Gasteiger partial charge on any atom is -0.325 e. The molecule has 0 saturated carbocycles. The maximum absolute atomic E-state index is 12.2. The number of aromatic nitrogens is 4. The number of hydrogen-bond donors (Lipinski definition) is 2. The van der Waals surface area contributed by atoms with Crippen LogP contribution in [0.3, 0.4) is 0 Å². The van der Waals surface area contributed by atoms with Gasteiger partial charge in [0.1, 0.15) is 10.9 Å². The van der Waals surface area contributed by atoms with Gasteiger partial charge in [0.05, 0.1) is 23.0 Å². The third-order valence-corrected chi connectivity index (χ3v) is 6.32. The Labute approximate surface area is 175 Å². The first-order chi connectivity index (χ1) is 14.6. The SMILES string of the molecule is Cn1ncc(-c2ccc3c(=O)[nH]nc(CN)c3c2)c1-c1c(C#N)sc2ccccc12. The monoisotopic (exact) mass is 412 g/mol. The van der Waals surface area contributed by atoms with Crippen molar-refractivity contribution in [1.29, 1.82) is 5.26 Å². The third-order valence-electron chi connectivity index (χ3n) is 5.24. The largest absolute Gasteiger partial charge is 0.325 e. The predicted octanol–water partition coefficient (Wildman–Crippen LogP) is 3.54. The molecule has 3 heterocycles. The van der Waals surface area contributed by atoms with Crippen LogP contribution in [0.1, 0.15) is 10.6 Å². The normalized spacial score (nSPS) is 11.2. The minimum absolute atomic E-state index is 0.213. The highest BCUT2D eigenvalue weighted by molar-refractivity contribution is 7.20. The number of rotatable bonds is 3. The Kier molecular flexibility index (Phi) is 4.20. The van der Waals surface area contributed by atoms with E-state index in [0.717, 1.165) is 32.5 Å². The zero-order valence-corrected chi connectivity index (χ0v) is 16.8. The van der Waals surface area contributed by atoms with Gasteiger partial charge in [-0.2, -0.15) is 15.5 Å². The van der Waals surface area contributed by atoms with Crippen LogP contribution in [-0.2, 0) is 13.6 Å². The van der Waals surface area contributed by atoms with E-state index in [0.29, 0.717) is 21.3 Å². The minimum atomic E-state index is -0.254. The first-order valence-corrected chi connectivity index (χ1v) is 10.1. The number of nitriles is 1. The molecule has 0 spiro atoms. The van der Waals surface area contributed by atoms with Crippen LogP contribution in [0.5, 0.6) is 0 Å². The van der Waals surface area contributed by atoms with Crippen LogP contribution in [0.4, 0.5) is 0 Å². The van der Waals surface area contributed by atoms with Crippen molar-refractivity contribution >= 4 is 32.2 Å². The van der Waals surface area contributed by atoms with Gasteiger partial charge in [0, 0.05) is 40.2 Å². The Morgan fingerprint density at radius 1 is 1.20 bits per heavy atom. The van der Waals surface area contributed by atoms with Crippen molar-refractivity contribution in [3.63, 3.8) is 0 Å². The lowest BCUT2D eigenvalue weighted by atomic mass is 9.97. The van der Waals surface area contributed by atoms with Gasteiger partial charge < -0.3 is 5.73 Å². The highest BCUT2D eigenvalue weighted by Crippen LogP contribution is 2.42. The number of aromatic amines is 1. The topological polar surface area (TPSA) is 113 Å². The lowest BCUT2D eigenvalue weighted by Gasteiger charge is -2.09. The highest BCUT2D eigenvalue weighted by atomic mass is 32.1. The van der Waals surface area contributed by atoms with Crippen molar-refractivity contribution in [3.05, 3.63) is 69.6 Å². The molecule has 8 heteroatoms. The molecule has 0 saturated heterocycles. The fourth-order valence-corrected chi connectivity index (χ4v) is 4.85. The molecule has 5 rings (SSSR count). The van der Waals surface area contributed by atoms with E-state index < -0.39 is 0 Å². The van der Waals surface area contributed by atoms with Crippen LogP contribution < -0.4 is 11.3 Å². The molecule has 0 aliphatic rings. The second-order valence-electron chi connectivity index (χ2n) is 6.91. The summed E-state index contributed by atoms with van der Waals surface area (Å²) in [4.78, 5) is 12.8. The summed E-state index contributed by atoms with van der Waals surface area (Å²) in [5, 5.41) is 23.1. The highest BCUT2D eigenvalue weighted by Gasteiger charge is 2.21. The van der Waals surface area contributed by atoms with Crippen molar-refractivity contribution in [2.75, 3.05) is 0 Å². The van der Waals surface area contributed by atoms with Crippen molar-refractivity contribution in [2.45, 2.75) is 6.54 Å². The smallest absolute Gasteiger partial charge is 0.272 e. The van der Waals surface area contributed by atoms with Gasteiger partial charge in [-0.15, -0.1) is 11.3 Å². The van der Waals surface area contributed by atoms with Gasteiger partial charge in [-0.05, 0) is 23.8 Å². The van der Waals surface area contributed by atoms with Crippen molar-refractivity contribution in [1.82, 2.24) is 20.0 Å². The number of nitrogens with one attached hydrogen (secondary N) is 1. The summed E-state index contributed by atoms with van der Waals surface area (Å²) in [6, 6.07) is 15.9. The molecular weight excluding hydrogens is 396 g/mol. The van der Waals surface area contributed by atoms with Crippen molar-refractivity contribution < 1.29 is 0 Å². The fourth-order valence-electron chi connectivity index (χ4n) is 3.85. The summed E-state index contributed by atoms with van der Waals surface area (Å²) in [5.41, 5.74) is 9.68. The van der Waals surface area contributed by atoms with E-state index in [1.165, 1.54) is 11.3 Å². The van der Waals surface area contributed by atoms with Gasteiger partial charge in [-0.25, -0.2) is 5.10 Å². The molecule has 2 aromatic carbocycles. The molecule has 3 N–H and O–H groups in total. The number of H-pyrrole nitrogens is 1. The van der Waals surface area contributed by atoms with E-state index in [-0.39, 0.29) is 12.1 Å². The molecule has 3 aromatic heterocycles. The molecule has 0 aliphatic heterocycles. The molecule has 146 valence electrons. The Balaban J connectivity index is 1.81. The number of fused-ring (bicyclic) bond motifs is 2. The molecule has 7 nitrogen and oxygen atoms in total. The number of hydrogen-bond acceptors (Lipinski definition) is 6. The van der Waals surface area contributed by atoms with Gasteiger partial charge in [-0.3, -0.25) is 9.48 Å². The maximum atomic E-state index is 12.2. The Morgan fingerprint density at radius 3 is 2.83 bits per heavy atom. The molecule has 0 fully saturated rings. The molecule has 0 amide bonds. The maximum Gasteiger partial charge on any atom is 0.272 e. The second-order valence-corrected chi connectivity index (χ2v) is 7.96. The van der Waals surface area contributed by atoms with E-state index in [4.69, 9.17) is 5.73 Å². The molecular formula is C22H16N6OS. The molecule has 0 atom stereocenters. The number of nitrogens with two attached hydrogens (primary N) is 1. The number of nitrogens with zero attached hydrogens (tertiary/aromatic N) is 4. The zero-order valence-electron chi connectivity index (χ0n) is 16.0. The van der Waals surface area contributed by atoms with E-state index in [1.807, 2.05) is 43.4 Å². The van der Waals surface area contributed by atoms with Crippen molar-refractivity contribution in [3.8, 4) is 28.5 Å². The average molecular weight is 412 g/mol. The van der Waals surface area contributed by atoms with Crippen LogP contribution >= 0.6 is 11.3 Å². The van der Waals surface area contributed by atoms with E-state index in [2.05, 4.69) is 21.4 Å². The lowest BCUT2D eigenvalue weighted by Crippen LogP contribution is -2.13. The zero-order chi connectivity index (χ0) is 20.8. The number of benzene rings is 2. The summed E-state index contributed by atoms with van der Waals surface area (Å²) >= 11 is 1.47. The average Bonchev–Trinajstić information content (AvgIpc) is 3.33. The summed E-state index contributed by atoms with van der Waals surface area (Å²) < 4.78 is 2.84. The fraction of sp³-hybridized carbons (Fsp3) is 0.0909. The molecule has 0 bridgehead atoms. The van der Waals surface area contributed by atoms with Crippen LogP contribution in [0.2, 0.25) is 0 Å². The van der Waals surface area contributed by atoms with Crippen LogP contribution in [0.25, 0.3) is 43.2 Å². The lowest BCUT2D eigenvalue weighted by molar-refractivity contribution is 0.776. The summed E-state index contributed by atoms with van der Waals surface area (Å²) in [6.07, 6.45) is 1.78. The predicted molar refractivity (Wildman–Crippen MR) is 118 cm³/mol. The first kappa shape index (κ1) is 18.2.